The lowest BCUT2D eigenvalue weighted by atomic mass is 10.1. The maximum absolute atomic E-state index is 12.3. The van der Waals surface area contributed by atoms with Crippen LogP contribution in [0, 0.1) is 6.92 Å². The molecule has 0 spiro atoms. The minimum absolute atomic E-state index is 0.152. The van der Waals surface area contributed by atoms with Crippen LogP contribution in [0.25, 0.3) is 0 Å². The molecule has 2 N–H and O–H groups in total. The van der Waals surface area contributed by atoms with Crippen molar-refractivity contribution in [1.82, 2.24) is 10.9 Å². The summed E-state index contributed by atoms with van der Waals surface area (Å²) in [7, 11) is 1.58. The summed E-state index contributed by atoms with van der Waals surface area (Å²) in [6.45, 7) is 3.76. The molecule has 0 aliphatic rings. The predicted octanol–water partition coefficient (Wildman–Crippen LogP) is 2.55. The van der Waals surface area contributed by atoms with E-state index in [0.717, 1.165) is 16.9 Å². The summed E-state index contributed by atoms with van der Waals surface area (Å²) in [5.74, 6) is 0.675. The summed E-state index contributed by atoms with van der Waals surface area (Å²) >= 11 is 0. The molecule has 1 atom stereocenters. The van der Waals surface area contributed by atoms with Gasteiger partial charge in [0.2, 0.25) is 5.91 Å². The molecule has 0 aromatic heterocycles. The lowest BCUT2D eigenvalue weighted by Crippen LogP contribution is -2.48. The molecule has 2 amide bonds. The lowest BCUT2D eigenvalue weighted by Gasteiger charge is -2.18. The number of hydrazine groups is 1. The average Bonchev–Trinajstić information content (AvgIpc) is 2.66. The van der Waals surface area contributed by atoms with Crippen LogP contribution in [0.1, 0.15) is 24.5 Å². The molecule has 0 aliphatic carbocycles. The fraction of sp³-hybridized carbons (Fsp3) is 0.300. The fourth-order valence-corrected chi connectivity index (χ4v) is 2.35. The number of rotatable bonds is 7. The zero-order chi connectivity index (χ0) is 18.9. The Morgan fingerprint density at radius 2 is 1.73 bits per heavy atom. The Labute approximate surface area is 153 Å². The molecule has 2 aromatic rings. The highest BCUT2D eigenvalue weighted by molar-refractivity contribution is 5.85. The van der Waals surface area contributed by atoms with Crippen LogP contribution in [0.3, 0.4) is 0 Å². The standard InChI is InChI=1S/C20H24N2O4/c1-4-17(26-18-8-6-5-7-14(18)2)20(24)22-21-19(23)13-15-9-11-16(25-3)12-10-15/h5-12,17H,4,13H2,1-3H3,(H,21,23)(H,22,24). The number of benzene rings is 2. The quantitative estimate of drug-likeness (QED) is 0.748. The highest BCUT2D eigenvalue weighted by Crippen LogP contribution is 2.18. The third-order valence-corrected chi connectivity index (χ3v) is 3.87. The number of nitrogens with one attached hydrogen (secondary N) is 2. The van der Waals surface area contributed by atoms with E-state index in [4.69, 9.17) is 9.47 Å². The first-order chi connectivity index (χ1) is 12.5. The van der Waals surface area contributed by atoms with Crippen LogP contribution >= 0.6 is 0 Å². The number of para-hydroxylation sites is 1. The van der Waals surface area contributed by atoms with E-state index in [1.807, 2.05) is 38.1 Å². The molecule has 26 heavy (non-hydrogen) atoms. The molecule has 0 saturated heterocycles. The molecule has 2 rings (SSSR count). The molecule has 0 radical (unpaired) electrons. The summed E-state index contributed by atoms with van der Waals surface area (Å²) in [5.41, 5.74) is 6.62. The highest BCUT2D eigenvalue weighted by atomic mass is 16.5. The Morgan fingerprint density at radius 1 is 1.04 bits per heavy atom. The van der Waals surface area contributed by atoms with Crippen molar-refractivity contribution >= 4 is 11.8 Å². The second kappa shape index (κ2) is 9.46. The number of hydrogen-bond acceptors (Lipinski definition) is 4. The number of carbonyl (C=O) groups is 2. The van der Waals surface area contributed by atoms with Crippen LogP contribution in [0.2, 0.25) is 0 Å². The van der Waals surface area contributed by atoms with Gasteiger partial charge in [-0.3, -0.25) is 20.4 Å². The summed E-state index contributed by atoms with van der Waals surface area (Å²) in [4.78, 5) is 24.3. The molecule has 2 aromatic carbocycles. The molecule has 0 bridgehead atoms. The minimum atomic E-state index is -0.683. The largest absolute Gasteiger partial charge is 0.497 e. The van der Waals surface area contributed by atoms with Gasteiger partial charge in [-0.1, -0.05) is 37.3 Å². The van der Waals surface area contributed by atoms with Gasteiger partial charge in [0.05, 0.1) is 13.5 Å². The third-order valence-electron chi connectivity index (χ3n) is 3.87. The van der Waals surface area contributed by atoms with E-state index in [1.165, 1.54) is 0 Å². The number of aryl methyl sites for hydroxylation is 1. The van der Waals surface area contributed by atoms with E-state index in [0.29, 0.717) is 12.2 Å². The van der Waals surface area contributed by atoms with Crippen LogP contribution < -0.4 is 20.3 Å². The second-order valence-corrected chi connectivity index (χ2v) is 5.84. The smallest absolute Gasteiger partial charge is 0.279 e. The third kappa shape index (κ3) is 5.51. The van der Waals surface area contributed by atoms with Gasteiger partial charge in [-0.15, -0.1) is 0 Å². The van der Waals surface area contributed by atoms with Crippen molar-refractivity contribution in [3.63, 3.8) is 0 Å². The SMILES string of the molecule is CCC(Oc1ccccc1C)C(=O)NNC(=O)Cc1ccc(OC)cc1. The normalized spacial score (nSPS) is 11.3. The maximum Gasteiger partial charge on any atom is 0.279 e. The van der Waals surface area contributed by atoms with E-state index in [2.05, 4.69) is 10.9 Å². The molecular weight excluding hydrogens is 332 g/mol. The lowest BCUT2D eigenvalue weighted by molar-refractivity contribution is -0.133. The van der Waals surface area contributed by atoms with Gasteiger partial charge in [0.25, 0.3) is 5.91 Å². The Morgan fingerprint density at radius 3 is 2.35 bits per heavy atom. The minimum Gasteiger partial charge on any atom is -0.497 e. The highest BCUT2D eigenvalue weighted by Gasteiger charge is 2.19. The molecule has 0 saturated carbocycles. The summed E-state index contributed by atoms with van der Waals surface area (Å²) in [6, 6.07) is 14.7. The van der Waals surface area contributed by atoms with Crippen molar-refractivity contribution in [2.45, 2.75) is 32.8 Å². The molecule has 6 heteroatoms. The van der Waals surface area contributed by atoms with Crippen LogP contribution in [0.4, 0.5) is 0 Å². The number of methoxy groups -OCH3 is 1. The molecule has 0 heterocycles. The van der Waals surface area contributed by atoms with Gasteiger partial charge >= 0.3 is 0 Å². The molecule has 138 valence electrons. The van der Waals surface area contributed by atoms with E-state index < -0.39 is 6.10 Å². The van der Waals surface area contributed by atoms with Gasteiger partial charge < -0.3 is 9.47 Å². The van der Waals surface area contributed by atoms with Crippen molar-refractivity contribution in [3.8, 4) is 11.5 Å². The van der Waals surface area contributed by atoms with Gasteiger partial charge in [0.15, 0.2) is 6.10 Å². The monoisotopic (exact) mass is 356 g/mol. The Hall–Kier alpha value is -3.02. The van der Waals surface area contributed by atoms with Crippen molar-refractivity contribution in [1.29, 1.82) is 0 Å². The Balaban J connectivity index is 1.85. The zero-order valence-corrected chi connectivity index (χ0v) is 15.2. The van der Waals surface area contributed by atoms with Crippen molar-refractivity contribution < 1.29 is 19.1 Å². The molecule has 0 fully saturated rings. The average molecular weight is 356 g/mol. The number of carbonyl (C=O) groups excluding carboxylic acids is 2. The molecule has 6 nitrogen and oxygen atoms in total. The first-order valence-corrected chi connectivity index (χ1v) is 8.47. The van der Waals surface area contributed by atoms with Crippen LogP contribution in [0.15, 0.2) is 48.5 Å². The van der Waals surface area contributed by atoms with Gasteiger partial charge in [0.1, 0.15) is 11.5 Å². The molecule has 1 unspecified atom stereocenters. The Kier molecular flexibility index (Phi) is 7.02. The summed E-state index contributed by atoms with van der Waals surface area (Å²) < 4.78 is 10.8. The second-order valence-electron chi connectivity index (χ2n) is 5.84. The molecule has 0 aliphatic heterocycles. The zero-order valence-electron chi connectivity index (χ0n) is 15.2. The fourth-order valence-electron chi connectivity index (χ4n) is 2.35. The van der Waals surface area contributed by atoms with Crippen LogP contribution in [0.5, 0.6) is 11.5 Å². The van der Waals surface area contributed by atoms with E-state index in [1.54, 1.807) is 31.4 Å². The van der Waals surface area contributed by atoms with Crippen molar-refractivity contribution in [2.24, 2.45) is 0 Å². The van der Waals surface area contributed by atoms with Gasteiger partial charge in [-0.25, -0.2) is 0 Å². The number of ether oxygens (including phenoxy) is 2. The van der Waals surface area contributed by atoms with Crippen molar-refractivity contribution in [2.75, 3.05) is 7.11 Å². The first kappa shape index (κ1) is 19.3. The van der Waals surface area contributed by atoms with Crippen LogP contribution in [-0.4, -0.2) is 25.0 Å². The number of hydrogen-bond donors (Lipinski definition) is 2. The van der Waals surface area contributed by atoms with Crippen LogP contribution in [-0.2, 0) is 16.0 Å². The molecular formula is C20H24N2O4. The topological polar surface area (TPSA) is 76.7 Å². The van der Waals surface area contributed by atoms with Gasteiger partial charge in [0, 0.05) is 0 Å². The van der Waals surface area contributed by atoms with Gasteiger partial charge in [-0.2, -0.15) is 0 Å². The predicted molar refractivity (Wildman–Crippen MR) is 98.9 cm³/mol. The summed E-state index contributed by atoms with van der Waals surface area (Å²) in [6.07, 6.45) is -0.0498. The summed E-state index contributed by atoms with van der Waals surface area (Å²) in [5, 5.41) is 0. The van der Waals surface area contributed by atoms with E-state index >= 15 is 0 Å². The van der Waals surface area contributed by atoms with E-state index in [-0.39, 0.29) is 18.2 Å². The first-order valence-electron chi connectivity index (χ1n) is 8.47. The van der Waals surface area contributed by atoms with Crippen molar-refractivity contribution in [3.05, 3.63) is 59.7 Å². The Bertz CT molecular complexity index is 744. The van der Waals surface area contributed by atoms with E-state index in [9.17, 15) is 9.59 Å². The number of amides is 2. The van der Waals surface area contributed by atoms with Gasteiger partial charge in [-0.05, 0) is 42.7 Å². The maximum atomic E-state index is 12.3.